The molecule has 110 valence electrons. The Morgan fingerprint density at radius 1 is 1.40 bits per heavy atom. The third kappa shape index (κ3) is 4.06. The van der Waals surface area contributed by atoms with Crippen molar-refractivity contribution < 1.29 is 9.66 Å². The molecule has 1 N–H and O–H groups in total. The van der Waals surface area contributed by atoms with Gasteiger partial charge >= 0.3 is 0 Å². The molecule has 7 heteroatoms. The van der Waals surface area contributed by atoms with E-state index in [-0.39, 0.29) is 5.69 Å². The molecule has 20 heavy (non-hydrogen) atoms. The average Bonchev–Trinajstić information content (AvgIpc) is 2.48. The van der Waals surface area contributed by atoms with Crippen molar-refractivity contribution in [3.63, 3.8) is 0 Å². The van der Waals surface area contributed by atoms with Gasteiger partial charge < -0.3 is 10.1 Å². The first-order valence-electron chi connectivity index (χ1n) is 6.88. The average molecular weight is 280 g/mol. The fourth-order valence-corrected chi connectivity index (χ4v) is 2.26. The first kappa shape index (κ1) is 14.5. The van der Waals surface area contributed by atoms with Crippen molar-refractivity contribution in [1.29, 1.82) is 0 Å². The minimum atomic E-state index is -0.444. The lowest BCUT2D eigenvalue weighted by Crippen LogP contribution is -2.33. The van der Waals surface area contributed by atoms with Crippen LogP contribution in [0.1, 0.15) is 19.3 Å². The molecule has 1 fully saturated rings. The molecule has 0 bridgehead atoms. The van der Waals surface area contributed by atoms with E-state index in [1.54, 1.807) is 7.05 Å². The molecule has 0 saturated carbocycles. The number of nitrogens with zero attached hydrogens (tertiary/aromatic N) is 3. The molecule has 0 amide bonds. The lowest BCUT2D eigenvalue weighted by Gasteiger charge is -2.26. The van der Waals surface area contributed by atoms with Gasteiger partial charge in [0.25, 0.3) is 5.69 Å². The Morgan fingerprint density at radius 3 is 2.80 bits per heavy atom. The van der Waals surface area contributed by atoms with Crippen LogP contribution in [0.3, 0.4) is 0 Å². The zero-order valence-electron chi connectivity index (χ0n) is 11.7. The molecule has 0 aliphatic carbocycles. The zero-order chi connectivity index (χ0) is 14.4. The molecule has 0 radical (unpaired) electrons. The number of piperidine rings is 1. The summed E-state index contributed by atoms with van der Waals surface area (Å²) in [6, 6.07) is 2.74. The number of hydrogen-bond acceptors (Lipinski definition) is 6. The monoisotopic (exact) mass is 280 g/mol. The predicted octanol–water partition coefficient (Wildman–Crippen LogP) is 1.90. The van der Waals surface area contributed by atoms with E-state index in [0.29, 0.717) is 18.3 Å². The second-order valence-corrected chi connectivity index (χ2v) is 4.81. The van der Waals surface area contributed by atoms with E-state index in [1.165, 1.54) is 31.4 Å². The zero-order valence-corrected chi connectivity index (χ0v) is 11.7. The lowest BCUT2D eigenvalue weighted by molar-refractivity contribution is -0.384. The maximum absolute atomic E-state index is 10.8. The summed E-state index contributed by atoms with van der Waals surface area (Å²) in [6.45, 7) is 3.54. The van der Waals surface area contributed by atoms with Crippen LogP contribution >= 0.6 is 0 Å². The molecular weight excluding hydrogens is 260 g/mol. The summed E-state index contributed by atoms with van der Waals surface area (Å²) in [7, 11) is 1.67. The van der Waals surface area contributed by atoms with Crippen molar-refractivity contribution in [2.45, 2.75) is 19.3 Å². The second-order valence-electron chi connectivity index (χ2n) is 4.81. The van der Waals surface area contributed by atoms with Crippen molar-refractivity contribution in [3.05, 3.63) is 22.2 Å². The topological polar surface area (TPSA) is 80.5 Å². The number of anilines is 1. The SMILES string of the molecule is CNc1cc([N+](=O)[O-])cc(OCCN2CCCCC2)n1. The van der Waals surface area contributed by atoms with E-state index in [4.69, 9.17) is 4.74 Å². The maximum atomic E-state index is 10.8. The fourth-order valence-electron chi connectivity index (χ4n) is 2.26. The van der Waals surface area contributed by atoms with Gasteiger partial charge in [-0.15, -0.1) is 0 Å². The Bertz CT molecular complexity index is 461. The Morgan fingerprint density at radius 2 is 2.15 bits per heavy atom. The van der Waals surface area contributed by atoms with Gasteiger partial charge in [0.2, 0.25) is 5.88 Å². The highest BCUT2D eigenvalue weighted by atomic mass is 16.6. The third-order valence-electron chi connectivity index (χ3n) is 3.36. The van der Waals surface area contributed by atoms with Crippen LogP contribution in [-0.4, -0.2) is 48.1 Å². The van der Waals surface area contributed by atoms with Crippen LogP contribution in [0.25, 0.3) is 0 Å². The molecule has 0 atom stereocenters. The Balaban J connectivity index is 1.91. The van der Waals surface area contributed by atoms with Gasteiger partial charge in [-0.3, -0.25) is 15.0 Å². The van der Waals surface area contributed by atoms with Crippen molar-refractivity contribution in [2.24, 2.45) is 0 Å². The summed E-state index contributed by atoms with van der Waals surface area (Å²) in [6.07, 6.45) is 3.77. The summed E-state index contributed by atoms with van der Waals surface area (Å²) in [4.78, 5) is 16.9. The summed E-state index contributed by atoms with van der Waals surface area (Å²) < 4.78 is 5.54. The van der Waals surface area contributed by atoms with Crippen molar-refractivity contribution in [2.75, 3.05) is 38.6 Å². The molecule has 2 rings (SSSR count). The maximum Gasteiger partial charge on any atom is 0.278 e. The van der Waals surface area contributed by atoms with Gasteiger partial charge in [-0.2, -0.15) is 4.98 Å². The molecule has 1 aliphatic rings. The van der Waals surface area contributed by atoms with Gasteiger partial charge in [0.15, 0.2) is 0 Å². The quantitative estimate of drug-likeness (QED) is 0.633. The standard InChI is InChI=1S/C13H20N4O3/c1-14-12-9-11(17(18)19)10-13(15-12)20-8-7-16-5-3-2-4-6-16/h9-10H,2-8H2,1H3,(H,14,15). The summed E-state index contributed by atoms with van der Waals surface area (Å²) in [5.41, 5.74) is -0.0164. The van der Waals surface area contributed by atoms with E-state index in [9.17, 15) is 10.1 Å². The molecule has 2 heterocycles. The first-order chi connectivity index (χ1) is 9.69. The van der Waals surface area contributed by atoms with Crippen LogP contribution in [-0.2, 0) is 0 Å². The van der Waals surface area contributed by atoms with Crippen LogP contribution in [0, 0.1) is 10.1 Å². The van der Waals surface area contributed by atoms with E-state index >= 15 is 0 Å². The molecule has 1 aliphatic heterocycles. The number of hydrogen-bond donors (Lipinski definition) is 1. The van der Waals surface area contributed by atoms with E-state index in [1.807, 2.05) is 0 Å². The van der Waals surface area contributed by atoms with Crippen LogP contribution < -0.4 is 10.1 Å². The minimum absolute atomic E-state index is 0.0164. The molecule has 0 spiro atoms. The number of nitro groups is 1. The van der Waals surface area contributed by atoms with Gasteiger partial charge in [0.1, 0.15) is 12.4 Å². The molecule has 0 aromatic carbocycles. The summed E-state index contributed by atoms with van der Waals surface area (Å²) in [5, 5.41) is 13.6. The lowest BCUT2D eigenvalue weighted by atomic mass is 10.1. The minimum Gasteiger partial charge on any atom is -0.476 e. The number of nitrogens with one attached hydrogen (secondary N) is 1. The highest BCUT2D eigenvalue weighted by molar-refractivity contribution is 5.47. The van der Waals surface area contributed by atoms with E-state index in [2.05, 4.69) is 15.2 Å². The highest BCUT2D eigenvalue weighted by Crippen LogP contribution is 2.21. The summed E-state index contributed by atoms with van der Waals surface area (Å²) in [5.74, 6) is 0.729. The Labute approximate surface area is 118 Å². The number of aromatic nitrogens is 1. The predicted molar refractivity (Wildman–Crippen MR) is 76.2 cm³/mol. The van der Waals surface area contributed by atoms with E-state index in [0.717, 1.165) is 19.6 Å². The molecule has 1 aromatic heterocycles. The fraction of sp³-hybridized carbons (Fsp3) is 0.615. The van der Waals surface area contributed by atoms with Crippen LogP contribution in [0.5, 0.6) is 5.88 Å². The van der Waals surface area contributed by atoms with Gasteiger partial charge in [0, 0.05) is 13.6 Å². The summed E-state index contributed by atoms with van der Waals surface area (Å²) >= 11 is 0. The van der Waals surface area contributed by atoms with Gasteiger partial charge in [-0.1, -0.05) is 6.42 Å². The van der Waals surface area contributed by atoms with Crippen molar-refractivity contribution >= 4 is 11.5 Å². The molecular formula is C13H20N4O3. The number of rotatable bonds is 6. The van der Waals surface area contributed by atoms with Crippen LogP contribution in [0.15, 0.2) is 12.1 Å². The van der Waals surface area contributed by atoms with Crippen molar-refractivity contribution in [1.82, 2.24) is 9.88 Å². The van der Waals surface area contributed by atoms with E-state index < -0.39 is 4.92 Å². The number of pyridine rings is 1. The van der Waals surface area contributed by atoms with Crippen molar-refractivity contribution in [3.8, 4) is 5.88 Å². The molecule has 1 saturated heterocycles. The van der Waals surface area contributed by atoms with Gasteiger partial charge in [-0.25, -0.2) is 0 Å². The highest BCUT2D eigenvalue weighted by Gasteiger charge is 2.13. The van der Waals surface area contributed by atoms with Gasteiger partial charge in [-0.05, 0) is 25.9 Å². The molecule has 0 unspecified atom stereocenters. The Kier molecular flexibility index (Phi) is 5.11. The number of likely N-dealkylation sites (tertiary alicyclic amines) is 1. The molecule has 1 aromatic rings. The largest absolute Gasteiger partial charge is 0.476 e. The third-order valence-corrected chi connectivity index (χ3v) is 3.36. The van der Waals surface area contributed by atoms with Crippen LogP contribution in [0.2, 0.25) is 0 Å². The smallest absolute Gasteiger partial charge is 0.278 e. The Hall–Kier alpha value is -1.89. The molecule has 7 nitrogen and oxygen atoms in total. The second kappa shape index (κ2) is 7.04. The number of ether oxygens (including phenoxy) is 1. The first-order valence-corrected chi connectivity index (χ1v) is 6.88. The van der Waals surface area contributed by atoms with Gasteiger partial charge in [0.05, 0.1) is 17.1 Å². The normalized spacial score (nSPS) is 15.8. The van der Waals surface area contributed by atoms with Crippen LogP contribution in [0.4, 0.5) is 11.5 Å².